The summed E-state index contributed by atoms with van der Waals surface area (Å²) < 4.78 is 32.3. The largest absolute Gasteiger partial charge is 0.476 e. The van der Waals surface area contributed by atoms with Crippen molar-refractivity contribution in [3.8, 4) is 5.75 Å². The second kappa shape index (κ2) is 8.19. The Labute approximate surface area is 185 Å². The molecular formula is C24H32N2O4S. The van der Waals surface area contributed by atoms with Crippen molar-refractivity contribution in [3.05, 3.63) is 58.7 Å². The maximum Gasteiger partial charge on any atom is 0.263 e. The van der Waals surface area contributed by atoms with Crippen LogP contribution in [0, 0.1) is 13.8 Å². The maximum atomic E-state index is 13.0. The molecule has 2 unspecified atom stereocenters. The molecule has 0 aliphatic carbocycles. The van der Waals surface area contributed by atoms with Gasteiger partial charge in [-0.2, -0.15) is 0 Å². The van der Waals surface area contributed by atoms with E-state index in [1.165, 1.54) is 4.31 Å². The standard InChI is InChI=1S/C24H32N2O4S/c1-15-8-10-19(16(2)12-15)17(3)25-23(27)22-14-26(31(7,28)29)20-13-18(24(4,5)6)9-11-21(20)30-22/h8-13,17,22H,14H2,1-7H3,(H,25,27). The second-order valence-electron chi connectivity index (χ2n) is 9.42. The first-order valence-corrected chi connectivity index (χ1v) is 12.3. The van der Waals surface area contributed by atoms with Crippen LogP contribution in [-0.2, 0) is 20.2 Å². The quantitative estimate of drug-likeness (QED) is 0.773. The van der Waals surface area contributed by atoms with E-state index in [-0.39, 0.29) is 23.9 Å². The van der Waals surface area contributed by atoms with Gasteiger partial charge >= 0.3 is 0 Å². The Hall–Kier alpha value is -2.54. The molecule has 2 aromatic rings. The molecule has 7 heteroatoms. The Morgan fingerprint density at radius 2 is 1.84 bits per heavy atom. The third-order valence-corrected chi connectivity index (χ3v) is 6.78. The van der Waals surface area contributed by atoms with E-state index in [1.807, 2.05) is 45.0 Å². The minimum Gasteiger partial charge on any atom is -0.476 e. The molecule has 0 fully saturated rings. The number of benzene rings is 2. The van der Waals surface area contributed by atoms with Crippen LogP contribution < -0.4 is 14.4 Å². The summed E-state index contributed by atoms with van der Waals surface area (Å²) in [6, 6.07) is 11.4. The van der Waals surface area contributed by atoms with E-state index in [1.54, 1.807) is 6.07 Å². The average Bonchev–Trinajstić information content (AvgIpc) is 2.64. The first-order valence-electron chi connectivity index (χ1n) is 10.4. The third-order valence-electron chi connectivity index (χ3n) is 5.64. The molecule has 3 rings (SSSR count). The molecule has 168 valence electrons. The van der Waals surface area contributed by atoms with Crippen LogP contribution in [-0.4, -0.2) is 33.2 Å². The normalized spacial score (nSPS) is 17.5. The van der Waals surface area contributed by atoms with Crippen LogP contribution in [0.15, 0.2) is 36.4 Å². The molecule has 0 saturated carbocycles. The van der Waals surface area contributed by atoms with Crippen molar-refractivity contribution in [3.63, 3.8) is 0 Å². The van der Waals surface area contributed by atoms with Crippen molar-refractivity contribution in [1.29, 1.82) is 0 Å². The van der Waals surface area contributed by atoms with Crippen LogP contribution in [0.4, 0.5) is 5.69 Å². The van der Waals surface area contributed by atoms with Gasteiger partial charge in [-0.3, -0.25) is 9.10 Å². The lowest BCUT2D eigenvalue weighted by atomic mass is 9.86. The SMILES string of the molecule is Cc1ccc(C(C)NC(=O)C2CN(S(C)(=O)=O)c3cc(C(C)(C)C)ccc3O2)c(C)c1. The molecule has 1 amide bonds. The lowest BCUT2D eigenvalue weighted by Gasteiger charge is -2.35. The highest BCUT2D eigenvalue weighted by Gasteiger charge is 2.36. The van der Waals surface area contributed by atoms with Crippen molar-refractivity contribution in [2.24, 2.45) is 0 Å². The van der Waals surface area contributed by atoms with Crippen molar-refractivity contribution in [1.82, 2.24) is 5.32 Å². The molecule has 0 spiro atoms. The molecule has 6 nitrogen and oxygen atoms in total. The van der Waals surface area contributed by atoms with Gasteiger partial charge in [-0.15, -0.1) is 0 Å². The number of anilines is 1. The highest BCUT2D eigenvalue weighted by Crippen LogP contribution is 2.38. The van der Waals surface area contributed by atoms with E-state index >= 15 is 0 Å². The van der Waals surface area contributed by atoms with E-state index < -0.39 is 16.1 Å². The van der Waals surface area contributed by atoms with Crippen LogP contribution in [0.2, 0.25) is 0 Å². The molecule has 0 aromatic heterocycles. The predicted octanol–water partition coefficient (Wildman–Crippen LogP) is 4.01. The summed E-state index contributed by atoms with van der Waals surface area (Å²) in [5.41, 5.74) is 4.59. The fraction of sp³-hybridized carbons (Fsp3) is 0.458. The molecule has 31 heavy (non-hydrogen) atoms. The van der Waals surface area contributed by atoms with Crippen molar-refractivity contribution in [2.45, 2.75) is 59.1 Å². The molecule has 0 saturated heterocycles. The number of hydrogen-bond acceptors (Lipinski definition) is 4. The number of rotatable bonds is 4. The zero-order valence-corrected chi connectivity index (χ0v) is 20.1. The lowest BCUT2D eigenvalue weighted by molar-refractivity contribution is -0.128. The molecule has 2 aromatic carbocycles. The second-order valence-corrected chi connectivity index (χ2v) is 11.3. The van der Waals surface area contributed by atoms with Gasteiger partial charge < -0.3 is 10.1 Å². The Balaban J connectivity index is 1.87. The van der Waals surface area contributed by atoms with E-state index in [2.05, 4.69) is 32.2 Å². The molecule has 1 aliphatic rings. The monoisotopic (exact) mass is 444 g/mol. The van der Waals surface area contributed by atoms with Gasteiger partial charge in [0.15, 0.2) is 6.10 Å². The number of ether oxygens (including phenoxy) is 1. The average molecular weight is 445 g/mol. The van der Waals surface area contributed by atoms with Gasteiger partial charge in [0, 0.05) is 0 Å². The minimum atomic E-state index is -3.59. The summed E-state index contributed by atoms with van der Waals surface area (Å²) in [4.78, 5) is 13.0. The van der Waals surface area contributed by atoms with E-state index in [0.29, 0.717) is 11.4 Å². The smallest absolute Gasteiger partial charge is 0.263 e. The topological polar surface area (TPSA) is 75.7 Å². The summed E-state index contributed by atoms with van der Waals surface area (Å²) >= 11 is 0. The summed E-state index contributed by atoms with van der Waals surface area (Å²) in [6.07, 6.45) is 0.218. The van der Waals surface area contributed by atoms with Gasteiger partial charge in [0.25, 0.3) is 5.91 Å². The van der Waals surface area contributed by atoms with Gasteiger partial charge in [0.2, 0.25) is 10.0 Å². The van der Waals surface area contributed by atoms with Crippen LogP contribution in [0.3, 0.4) is 0 Å². The summed E-state index contributed by atoms with van der Waals surface area (Å²) in [6.45, 7) is 12.1. The molecule has 1 N–H and O–H groups in total. The number of fused-ring (bicyclic) bond motifs is 1. The number of sulfonamides is 1. The van der Waals surface area contributed by atoms with E-state index in [4.69, 9.17) is 4.74 Å². The van der Waals surface area contributed by atoms with Gasteiger partial charge in [0.05, 0.1) is 24.5 Å². The van der Waals surface area contributed by atoms with Crippen molar-refractivity contribution in [2.75, 3.05) is 17.1 Å². The lowest BCUT2D eigenvalue weighted by Crippen LogP contribution is -2.51. The summed E-state index contributed by atoms with van der Waals surface area (Å²) in [5.74, 6) is 0.0515. The molecule has 2 atom stereocenters. The summed E-state index contributed by atoms with van der Waals surface area (Å²) in [5, 5.41) is 2.98. The highest BCUT2D eigenvalue weighted by atomic mass is 32.2. The number of carbonyl (C=O) groups excluding carboxylic acids is 1. The first kappa shape index (κ1) is 23.1. The number of hydrogen-bond donors (Lipinski definition) is 1. The van der Waals surface area contributed by atoms with Gasteiger partial charge in [0.1, 0.15) is 5.75 Å². The van der Waals surface area contributed by atoms with Gasteiger partial charge in [-0.25, -0.2) is 8.42 Å². The Morgan fingerprint density at radius 3 is 2.42 bits per heavy atom. The highest BCUT2D eigenvalue weighted by molar-refractivity contribution is 7.92. The minimum absolute atomic E-state index is 0.0646. The maximum absolute atomic E-state index is 13.0. The van der Waals surface area contributed by atoms with Gasteiger partial charge in [-0.05, 0) is 55.0 Å². The van der Waals surface area contributed by atoms with Crippen molar-refractivity contribution < 1.29 is 17.9 Å². The Bertz CT molecular complexity index is 1100. The first-order chi connectivity index (χ1) is 14.3. The molecule has 0 radical (unpaired) electrons. The van der Waals surface area contributed by atoms with Crippen molar-refractivity contribution >= 4 is 21.6 Å². The predicted molar refractivity (Wildman–Crippen MR) is 124 cm³/mol. The number of carbonyl (C=O) groups is 1. The van der Waals surface area contributed by atoms with E-state index in [0.717, 1.165) is 28.5 Å². The zero-order chi connectivity index (χ0) is 23.1. The fourth-order valence-electron chi connectivity index (χ4n) is 3.86. The molecule has 0 bridgehead atoms. The van der Waals surface area contributed by atoms with Crippen LogP contribution in [0.5, 0.6) is 5.75 Å². The zero-order valence-electron chi connectivity index (χ0n) is 19.3. The number of nitrogens with zero attached hydrogens (tertiary/aromatic N) is 1. The van der Waals surface area contributed by atoms with E-state index in [9.17, 15) is 13.2 Å². The number of amides is 1. The Morgan fingerprint density at radius 1 is 1.16 bits per heavy atom. The molecule has 1 heterocycles. The molecule has 1 aliphatic heterocycles. The third kappa shape index (κ3) is 5.03. The molecular weight excluding hydrogens is 412 g/mol. The Kier molecular flexibility index (Phi) is 6.11. The van der Waals surface area contributed by atoms with Crippen LogP contribution in [0.1, 0.15) is 56.0 Å². The van der Waals surface area contributed by atoms with Crippen LogP contribution >= 0.6 is 0 Å². The van der Waals surface area contributed by atoms with Crippen LogP contribution in [0.25, 0.3) is 0 Å². The fourth-order valence-corrected chi connectivity index (χ4v) is 4.77. The number of nitrogens with one attached hydrogen (secondary N) is 1. The summed E-state index contributed by atoms with van der Waals surface area (Å²) in [7, 11) is -3.59. The number of aryl methyl sites for hydroxylation is 2. The van der Waals surface area contributed by atoms with Gasteiger partial charge in [-0.1, -0.05) is 50.6 Å².